The third-order valence-electron chi connectivity index (χ3n) is 6.91. The van der Waals surface area contributed by atoms with E-state index in [-0.39, 0.29) is 24.2 Å². The Morgan fingerprint density at radius 3 is 2.56 bits per heavy atom. The number of amides is 1. The number of alkyl halides is 3. The fourth-order valence-corrected chi connectivity index (χ4v) is 5.16. The number of methoxy groups -OCH3 is 1. The molecule has 0 bridgehead atoms. The monoisotopic (exact) mass is 499 g/mol. The Balaban J connectivity index is 1.49. The van der Waals surface area contributed by atoms with Crippen molar-refractivity contribution in [3.8, 4) is 5.75 Å². The topological polar surface area (TPSA) is 44.8 Å². The van der Waals surface area contributed by atoms with Crippen molar-refractivity contribution in [1.82, 2.24) is 0 Å². The number of piperazine rings is 1. The molecule has 2 aliphatic heterocycles. The lowest BCUT2D eigenvalue weighted by atomic mass is 9.82. The maximum atomic E-state index is 14.6. The highest BCUT2D eigenvalue weighted by Gasteiger charge is 2.43. The van der Waals surface area contributed by atoms with Crippen LogP contribution >= 0.6 is 0 Å². The number of carbonyl (C=O) groups is 1. The van der Waals surface area contributed by atoms with E-state index in [1.165, 1.54) is 19.2 Å². The maximum Gasteiger partial charge on any atom is 0.416 e. The number of halogens is 4. The van der Waals surface area contributed by atoms with Crippen LogP contribution < -0.4 is 19.9 Å². The lowest BCUT2D eigenvalue weighted by Gasteiger charge is -2.49. The standard InChI is InChI=1S/C27H25F4N3O2/c1-36-20-6-4-5-19(15-20)32-26(35)21-14-17-13-18(27(29,30)31)9-10-23(17)34-12-11-33(16-25(21)34)24-8-3-2-7-22(24)28/h2-10,13,15,21,25H,11-12,14,16H2,1H3,(H,32,35)/t21-,25-/m1/s1. The highest BCUT2D eigenvalue weighted by Crippen LogP contribution is 2.40. The van der Waals surface area contributed by atoms with Crippen LogP contribution in [0.3, 0.4) is 0 Å². The first-order chi connectivity index (χ1) is 17.2. The van der Waals surface area contributed by atoms with Crippen LogP contribution in [-0.2, 0) is 17.4 Å². The van der Waals surface area contributed by atoms with E-state index in [4.69, 9.17) is 4.74 Å². The summed E-state index contributed by atoms with van der Waals surface area (Å²) in [6.45, 7) is 1.28. The van der Waals surface area contributed by atoms with Crippen LogP contribution in [0.2, 0.25) is 0 Å². The first-order valence-electron chi connectivity index (χ1n) is 11.7. The van der Waals surface area contributed by atoms with Gasteiger partial charge in [0.25, 0.3) is 0 Å². The Kier molecular flexibility index (Phi) is 6.24. The van der Waals surface area contributed by atoms with Crippen molar-refractivity contribution in [1.29, 1.82) is 0 Å². The SMILES string of the molecule is COc1cccc(NC(=O)[C@@H]2Cc3cc(C(F)(F)F)ccc3N3CCN(c4ccccc4F)C[C@H]23)c1. The van der Waals surface area contributed by atoms with Crippen LogP contribution in [0.15, 0.2) is 66.7 Å². The second-order valence-corrected chi connectivity index (χ2v) is 9.03. The number of ether oxygens (including phenoxy) is 1. The van der Waals surface area contributed by atoms with Crippen molar-refractivity contribution >= 4 is 23.0 Å². The third kappa shape index (κ3) is 4.57. The Morgan fingerprint density at radius 2 is 1.81 bits per heavy atom. The Labute approximate surface area is 206 Å². The van der Waals surface area contributed by atoms with Crippen molar-refractivity contribution < 1.29 is 27.1 Å². The molecule has 0 saturated carbocycles. The van der Waals surface area contributed by atoms with Crippen LogP contribution in [0.5, 0.6) is 5.75 Å². The van der Waals surface area contributed by atoms with Gasteiger partial charge in [-0.05, 0) is 54.4 Å². The molecular formula is C27H25F4N3O2. The molecule has 1 amide bonds. The predicted molar refractivity (Wildman–Crippen MR) is 130 cm³/mol. The molecule has 0 spiro atoms. The van der Waals surface area contributed by atoms with Crippen LogP contribution in [0.1, 0.15) is 11.1 Å². The average molecular weight is 500 g/mol. The summed E-state index contributed by atoms with van der Waals surface area (Å²) < 4.78 is 60.1. The minimum Gasteiger partial charge on any atom is -0.497 e. The molecule has 2 atom stereocenters. The van der Waals surface area contributed by atoms with E-state index >= 15 is 0 Å². The van der Waals surface area contributed by atoms with E-state index in [0.29, 0.717) is 48.0 Å². The van der Waals surface area contributed by atoms with Crippen molar-refractivity contribution in [2.45, 2.75) is 18.6 Å². The number of para-hydroxylation sites is 1. The molecule has 5 nitrogen and oxygen atoms in total. The van der Waals surface area contributed by atoms with Gasteiger partial charge in [-0.1, -0.05) is 18.2 Å². The quantitative estimate of drug-likeness (QED) is 0.491. The lowest BCUT2D eigenvalue weighted by Crippen LogP contribution is -2.60. The molecule has 0 unspecified atom stereocenters. The second-order valence-electron chi connectivity index (χ2n) is 9.03. The molecule has 1 fully saturated rings. The largest absolute Gasteiger partial charge is 0.497 e. The Hall–Kier alpha value is -3.75. The smallest absolute Gasteiger partial charge is 0.416 e. The van der Waals surface area contributed by atoms with Crippen LogP contribution in [0, 0.1) is 11.7 Å². The Morgan fingerprint density at radius 1 is 1.00 bits per heavy atom. The number of hydrogen-bond donors (Lipinski definition) is 1. The molecule has 3 aromatic rings. The Bertz CT molecular complexity index is 1280. The van der Waals surface area contributed by atoms with Gasteiger partial charge < -0.3 is 19.9 Å². The molecule has 9 heteroatoms. The van der Waals surface area contributed by atoms with Gasteiger partial charge in [-0.3, -0.25) is 4.79 Å². The zero-order valence-corrected chi connectivity index (χ0v) is 19.6. The molecule has 0 aromatic heterocycles. The molecule has 1 N–H and O–H groups in total. The lowest BCUT2D eigenvalue weighted by molar-refractivity contribution is -0.137. The van der Waals surface area contributed by atoms with Gasteiger partial charge >= 0.3 is 6.18 Å². The van der Waals surface area contributed by atoms with Crippen molar-refractivity contribution in [3.63, 3.8) is 0 Å². The molecule has 1 saturated heterocycles. The normalized spacial score (nSPS) is 19.4. The van der Waals surface area contributed by atoms with E-state index in [9.17, 15) is 22.4 Å². The molecule has 188 valence electrons. The summed E-state index contributed by atoms with van der Waals surface area (Å²) in [5, 5.41) is 2.90. The zero-order chi connectivity index (χ0) is 25.4. The molecule has 2 heterocycles. The van der Waals surface area contributed by atoms with Crippen molar-refractivity contribution in [3.05, 3.63) is 83.7 Å². The minimum absolute atomic E-state index is 0.140. The number of rotatable bonds is 4. The minimum atomic E-state index is -4.48. The van der Waals surface area contributed by atoms with Gasteiger partial charge in [0, 0.05) is 37.1 Å². The molecule has 36 heavy (non-hydrogen) atoms. The molecule has 0 aliphatic carbocycles. The van der Waals surface area contributed by atoms with E-state index < -0.39 is 17.7 Å². The summed E-state index contributed by atoms with van der Waals surface area (Å²) in [4.78, 5) is 17.4. The molecule has 0 radical (unpaired) electrons. The summed E-state index contributed by atoms with van der Waals surface area (Å²) in [6.07, 6.45) is -4.34. The van der Waals surface area contributed by atoms with Gasteiger partial charge in [0.2, 0.25) is 5.91 Å². The first-order valence-corrected chi connectivity index (χ1v) is 11.7. The summed E-state index contributed by atoms with van der Waals surface area (Å²) in [5.74, 6) is -0.741. The van der Waals surface area contributed by atoms with Gasteiger partial charge in [-0.2, -0.15) is 13.2 Å². The summed E-state index contributed by atoms with van der Waals surface area (Å²) >= 11 is 0. The van der Waals surface area contributed by atoms with Crippen LogP contribution in [0.25, 0.3) is 0 Å². The van der Waals surface area contributed by atoms with Gasteiger partial charge in [-0.15, -0.1) is 0 Å². The molecule has 3 aromatic carbocycles. The summed E-state index contributed by atoms with van der Waals surface area (Å²) in [5.41, 5.74) is 1.40. The van der Waals surface area contributed by atoms with E-state index in [1.807, 2.05) is 9.80 Å². The second kappa shape index (κ2) is 9.37. The van der Waals surface area contributed by atoms with E-state index in [2.05, 4.69) is 5.32 Å². The number of benzene rings is 3. The fourth-order valence-electron chi connectivity index (χ4n) is 5.16. The molecule has 2 aliphatic rings. The van der Waals surface area contributed by atoms with E-state index in [0.717, 1.165) is 12.1 Å². The molecular weight excluding hydrogens is 474 g/mol. The summed E-state index contributed by atoms with van der Waals surface area (Å²) in [7, 11) is 1.52. The fraction of sp³-hybridized carbons (Fsp3) is 0.296. The van der Waals surface area contributed by atoms with Crippen LogP contribution in [-0.4, -0.2) is 38.7 Å². The van der Waals surface area contributed by atoms with Crippen molar-refractivity contribution in [2.24, 2.45) is 5.92 Å². The van der Waals surface area contributed by atoms with Gasteiger partial charge in [0.15, 0.2) is 0 Å². The van der Waals surface area contributed by atoms with Crippen molar-refractivity contribution in [2.75, 3.05) is 41.9 Å². The van der Waals surface area contributed by atoms with Crippen LogP contribution in [0.4, 0.5) is 34.6 Å². The number of nitrogens with one attached hydrogen (secondary N) is 1. The number of fused-ring (bicyclic) bond motifs is 3. The summed E-state index contributed by atoms with van der Waals surface area (Å²) in [6, 6.07) is 16.7. The first kappa shape index (κ1) is 24.0. The third-order valence-corrected chi connectivity index (χ3v) is 6.91. The predicted octanol–water partition coefficient (Wildman–Crippen LogP) is 5.36. The van der Waals surface area contributed by atoms with Gasteiger partial charge in [-0.25, -0.2) is 4.39 Å². The highest BCUT2D eigenvalue weighted by molar-refractivity contribution is 5.94. The highest BCUT2D eigenvalue weighted by atomic mass is 19.4. The van der Waals surface area contributed by atoms with E-state index in [1.54, 1.807) is 42.5 Å². The number of nitrogens with zero attached hydrogens (tertiary/aromatic N) is 2. The van der Waals surface area contributed by atoms with Gasteiger partial charge in [0.05, 0.1) is 30.3 Å². The zero-order valence-electron chi connectivity index (χ0n) is 19.6. The molecule has 5 rings (SSSR count). The average Bonchev–Trinajstić information content (AvgIpc) is 2.87. The maximum absolute atomic E-state index is 14.6. The van der Waals surface area contributed by atoms with Gasteiger partial charge in [0.1, 0.15) is 11.6 Å². The number of anilines is 3. The number of hydrogen-bond acceptors (Lipinski definition) is 4. The number of carbonyl (C=O) groups excluding carboxylic acids is 1.